The van der Waals surface area contributed by atoms with Crippen molar-refractivity contribution in [3.05, 3.63) is 47.6 Å². The summed E-state index contributed by atoms with van der Waals surface area (Å²) in [6.07, 6.45) is -0.190. The summed E-state index contributed by atoms with van der Waals surface area (Å²) in [6.45, 7) is 9.31. The molecule has 0 spiro atoms. The van der Waals surface area contributed by atoms with Crippen LogP contribution < -0.4 is 10.6 Å². The van der Waals surface area contributed by atoms with Crippen molar-refractivity contribution in [2.75, 3.05) is 26.3 Å². The predicted molar refractivity (Wildman–Crippen MR) is 119 cm³/mol. The maximum absolute atomic E-state index is 5.66. The standard InChI is InChI=1S/C19H29N5O3.HI/c1-4-20-19(21-11-12-25-14-16-9-7-6-8-10-16)22-13-17-23-18(24-27-17)15(3)26-5-2;/h6-10,15H,4-5,11-14H2,1-3H3,(H2,20,21,22);1H. The second kappa shape index (κ2) is 14.3. The van der Waals surface area contributed by atoms with Crippen molar-refractivity contribution in [3.63, 3.8) is 0 Å². The van der Waals surface area contributed by atoms with Crippen LogP contribution in [0.5, 0.6) is 0 Å². The molecule has 0 saturated heterocycles. The SMILES string of the molecule is CCNC(=NCc1nc(C(C)OCC)no1)NCCOCc1ccccc1.I. The number of halogens is 1. The lowest BCUT2D eigenvalue weighted by molar-refractivity contribution is 0.0683. The minimum absolute atomic E-state index is 0. The van der Waals surface area contributed by atoms with E-state index in [-0.39, 0.29) is 30.1 Å². The van der Waals surface area contributed by atoms with E-state index in [9.17, 15) is 0 Å². The topological polar surface area (TPSA) is 93.8 Å². The van der Waals surface area contributed by atoms with E-state index < -0.39 is 0 Å². The first kappa shape index (κ1) is 24.3. The quantitative estimate of drug-likeness (QED) is 0.211. The van der Waals surface area contributed by atoms with E-state index in [4.69, 9.17) is 14.0 Å². The minimum Gasteiger partial charge on any atom is -0.375 e. The minimum atomic E-state index is -0.190. The lowest BCUT2D eigenvalue weighted by Crippen LogP contribution is -2.39. The van der Waals surface area contributed by atoms with Crippen LogP contribution >= 0.6 is 24.0 Å². The van der Waals surface area contributed by atoms with Gasteiger partial charge < -0.3 is 24.6 Å². The van der Waals surface area contributed by atoms with Gasteiger partial charge in [-0.3, -0.25) is 0 Å². The first-order valence-corrected chi connectivity index (χ1v) is 9.30. The highest BCUT2D eigenvalue weighted by Gasteiger charge is 2.13. The molecule has 156 valence electrons. The Morgan fingerprint density at radius 1 is 1.21 bits per heavy atom. The first-order valence-electron chi connectivity index (χ1n) is 9.30. The van der Waals surface area contributed by atoms with Crippen LogP contribution in [-0.4, -0.2) is 42.4 Å². The van der Waals surface area contributed by atoms with Gasteiger partial charge in [-0.2, -0.15) is 4.98 Å². The Hall–Kier alpha value is -1.72. The average Bonchev–Trinajstić information content (AvgIpc) is 3.16. The van der Waals surface area contributed by atoms with Crippen molar-refractivity contribution < 1.29 is 14.0 Å². The van der Waals surface area contributed by atoms with Gasteiger partial charge in [-0.15, -0.1) is 24.0 Å². The van der Waals surface area contributed by atoms with Crippen molar-refractivity contribution in [1.29, 1.82) is 0 Å². The largest absolute Gasteiger partial charge is 0.375 e. The molecule has 1 aromatic heterocycles. The van der Waals surface area contributed by atoms with E-state index in [1.54, 1.807) is 0 Å². The Kier molecular flexibility index (Phi) is 12.4. The lowest BCUT2D eigenvalue weighted by atomic mass is 10.2. The molecule has 9 heteroatoms. The van der Waals surface area contributed by atoms with Gasteiger partial charge in [0.15, 0.2) is 11.8 Å². The maximum Gasteiger partial charge on any atom is 0.248 e. The molecule has 0 radical (unpaired) electrons. The Bertz CT molecular complexity index is 681. The number of nitrogens with one attached hydrogen (secondary N) is 2. The summed E-state index contributed by atoms with van der Waals surface area (Å²) in [5.74, 6) is 1.67. The maximum atomic E-state index is 5.66. The molecule has 0 fully saturated rings. The smallest absolute Gasteiger partial charge is 0.248 e. The number of rotatable bonds is 11. The molecule has 0 saturated carbocycles. The van der Waals surface area contributed by atoms with Gasteiger partial charge in [0.2, 0.25) is 5.89 Å². The molecule has 2 N–H and O–H groups in total. The van der Waals surface area contributed by atoms with Gasteiger partial charge >= 0.3 is 0 Å². The monoisotopic (exact) mass is 503 g/mol. The number of hydrogen-bond donors (Lipinski definition) is 2. The molecule has 0 aliphatic heterocycles. The van der Waals surface area contributed by atoms with Gasteiger partial charge in [0, 0.05) is 19.7 Å². The fraction of sp³-hybridized carbons (Fsp3) is 0.526. The number of aliphatic imine (C=N–C) groups is 1. The Morgan fingerprint density at radius 3 is 2.71 bits per heavy atom. The number of guanidine groups is 1. The summed E-state index contributed by atoms with van der Waals surface area (Å²) in [7, 11) is 0. The zero-order valence-corrected chi connectivity index (χ0v) is 19.0. The van der Waals surface area contributed by atoms with Gasteiger partial charge in [0.05, 0.1) is 13.2 Å². The Balaban J connectivity index is 0.00000392. The third-order valence-electron chi connectivity index (χ3n) is 3.63. The molecule has 0 aliphatic carbocycles. The highest BCUT2D eigenvalue weighted by atomic mass is 127. The molecule has 0 aliphatic rings. The van der Waals surface area contributed by atoms with Crippen LogP contribution in [0.4, 0.5) is 0 Å². The van der Waals surface area contributed by atoms with Gasteiger partial charge in [0.25, 0.3) is 0 Å². The summed E-state index contributed by atoms with van der Waals surface area (Å²) in [6, 6.07) is 10.1. The van der Waals surface area contributed by atoms with Crippen LogP contribution in [0.25, 0.3) is 0 Å². The number of ether oxygens (including phenoxy) is 2. The van der Waals surface area contributed by atoms with Gasteiger partial charge in [0.1, 0.15) is 12.6 Å². The zero-order chi connectivity index (χ0) is 19.3. The molecular weight excluding hydrogens is 473 g/mol. The molecule has 1 aromatic carbocycles. The van der Waals surface area contributed by atoms with E-state index in [1.165, 1.54) is 0 Å². The second-order valence-corrected chi connectivity index (χ2v) is 5.80. The molecule has 1 heterocycles. The van der Waals surface area contributed by atoms with Gasteiger partial charge in [-0.05, 0) is 26.3 Å². The van der Waals surface area contributed by atoms with Gasteiger partial charge in [-0.1, -0.05) is 35.5 Å². The number of nitrogens with zero attached hydrogens (tertiary/aromatic N) is 3. The van der Waals surface area contributed by atoms with Crippen LogP contribution in [0.3, 0.4) is 0 Å². The summed E-state index contributed by atoms with van der Waals surface area (Å²) < 4.78 is 16.3. The summed E-state index contributed by atoms with van der Waals surface area (Å²) in [5.41, 5.74) is 1.16. The van der Waals surface area contributed by atoms with E-state index >= 15 is 0 Å². The van der Waals surface area contributed by atoms with Crippen LogP contribution in [0.1, 0.15) is 44.2 Å². The van der Waals surface area contributed by atoms with E-state index in [0.29, 0.717) is 50.6 Å². The molecule has 0 bridgehead atoms. The molecule has 28 heavy (non-hydrogen) atoms. The fourth-order valence-electron chi connectivity index (χ4n) is 2.32. The van der Waals surface area contributed by atoms with E-state index in [2.05, 4.69) is 25.8 Å². The molecule has 1 atom stereocenters. The van der Waals surface area contributed by atoms with Crippen molar-refractivity contribution in [1.82, 2.24) is 20.8 Å². The predicted octanol–water partition coefficient (Wildman–Crippen LogP) is 3.06. The second-order valence-electron chi connectivity index (χ2n) is 5.80. The van der Waals surface area contributed by atoms with Crippen molar-refractivity contribution >= 4 is 29.9 Å². The third-order valence-corrected chi connectivity index (χ3v) is 3.63. The van der Waals surface area contributed by atoms with Gasteiger partial charge in [-0.25, -0.2) is 4.99 Å². The normalized spacial score (nSPS) is 12.3. The van der Waals surface area contributed by atoms with E-state index in [0.717, 1.165) is 12.1 Å². The zero-order valence-electron chi connectivity index (χ0n) is 16.7. The van der Waals surface area contributed by atoms with E-state index in [1.807, 2.05) is 51.1 Å². The number of benzene rings is 1. The Morgan fingerprint density at radius 2 is 2.00 bits per heavy atom. The number of hydrogen-bond acceptors (Lipinski definition) is 6. The summed E-state index contributed by atoms with van der Waals surface area (Å²) in [4.78, 5) is 8.77. The molecule has 8 nitrogen and oxygen atoms in total. The molecule has 1 unspecified atom stereocenters. The summed E-state index contributed by atoms with van der Waals surface area (Å²) >= 11 is 0. The highest BCUT2D eigenvalue weighted by Crippen LogP contribution is 2.12. The molecular formula is C19H30IN5O3. The van der Waals surface area contributed by atoms with Crippen LogP contribution in [-0.2, 0) is 22.6 Å². The van der Waals surface area contributed by atoms with Crippen molar-refractivity contribution in [2.24, 2.45) is 4.99 Å². The molecule has 0 amide bonds. The van der Waals surface area contributed by atoms with Crippen molar-refractivity contribution in [2.45, 2.75) is 40.0 Å². The fourth-order valence-corrected chi connectivity index (χ4v) is 2.32. The molecule has 2 aromatic rings. The average molecular weight is 503 g/mol. The highest BCUT2D eigenvalue weighted by molar-refractivity contribution is 14.0. The Labute approximate surface area is 183 Å². The number of aromatic nitrogens is 2. The van der Waals surface area contributed by atoms with Crippen LogP contribution in [0, 0.1) is 0 Å². The molecule has 2 rings (SSSR count). The summed E-state index contributed by atoms with van der Waals surface area (Å²) in [5, 5.41) is 10.3. The lowest BCUT2D eigenvalue weighted by Gasteiger charge is -2.11. The first-order chi connectivity index (χ1) is 13.2. The third kappa shape index (κ3) is 8.98. The van der Waals surface area contributed by atoms with Crippen molar-refractivity contribution in [3.8, 4) is 0 Å². The van der Waals surface area contributed by atoms with Crippen LogP contribution in [0.2, 0.25) is 0 Å². The van der Waals surface area contributed by atoms with Crippen LogP contribution in [0.15, 0.2) is 39.8 Å².